The van der Waals surface area contributed by atoms with Gasteiger partial charge in [-0.25, -0.2) is 0 Å². The van der Waals surface area contributed by atoms with Crippen LogP contribution < -0.4 is 20.1 Å². The molecule has 4 saturated heterocycles. The molecule has 90 heavy (non-hydrogen) atoms. The highest BCUT2D eigenvalue weighted by Crippen LogP contribution is 2.42. The van der Waals surface area contributed by atoms with Crippen LogP contribution in [0, 0.1) is 0 Å². The number of benzene rings is 4. The Morgan fingerprint density at radius 1 is 0.422 bits per heavy atom. The molecular weight excluding hydrogens is 1240 g/mol. The summed E-state index contributed by atoms with van der Waals surface area (Å²) >= 11 is 0. The van der Waals surface area contributed by atoms with Crippen LogP contribution in [-0.2, 0) is 121 Å². The van der Waals surface area contributed by atoms with Crippen molar-refractivity contribution in [3.63, 3.8) is 0 Å². The lowest BCUT2D eigenvalue weighted by Gasteiger charge is -2.52. The first-order valence-corrected chi connectivity index (χ1v) is 35.0. The van der Waals surface area contributed by atoms with Crippen LogP contribution in [0.2, 0.25) is 0 Å². The van der Waals surface area contributed by atoms with E-state index in [2.05, 4.69) is 20.1 Å². The molecule has 8 rings (SSSR count). The molecule has 4 aromatic rings. The highest BCUT2D eigenvalue weighted by Gasteiger charge is 2.57. The van der Waals surface area contributed by atoms with E-state index in [1.54, 1.807) is 76.7 Å². The molecule has 4 aliphatic heterocycles. The molecule has 32 heteroatoms. The van der Waals surface area contributed by atoms with Crippen LogP contribution in [0.15, 0.2) is 121 Å². The molecule has 0 bridgehead atoms. The summed E-state index contributed by atoms with van der Waals surface area (Å²) in [6.07, 6.45) is -18.8. The topological polar surface area (TPSA) is 264 Å². The smallest absolute Gasteiger partial charge is 0.336 e. The van der Waals surface area contributed by atoms with E-state index in [4.69, 9.17) is 105 Å². The summed E-state index contributed by atoms with van der Waals surface area (Å²) < 4.78 is 163. The van der Waals surface area contributed by atoms with Crippen LogP contribution in [0.5, 0.6) is 0 Å². The van der Waals surface area contributed by atoms with Gasteiger partial charge in [0.15, 0.2) is 18.9 Å². The maximum atomic E-state index is 13.9. The van der Waals surface area contributed by atoms with Gasteiger partial charge >= 0.3 is 20.6 Å². The molecule has 20 atom stereocenters. The first kappa shape index (κ1) is 72.9. The molecule has 0 aliphatic carbocycles. The number of likely N-dealkylation sites (N-methyl/N-ethyl adjacent to an activating group) is 2. The predicted molar refractivity (Wildman–Crippen MR) is 337 cm³/mol. The lowest BCUT2D eigenvalue weighted by molar-refractivity contribution is -0.373. The van der Waals surface area contributed by atoms with E-state index in [9.17, 15) is 16.8 Å². The number of hydrogen-bond acceptors (Lipinski definition) is 22. The van der Waals surface area contributed by atoms with Gasteiger partial charge in [0.2, 0.25) is 0 Å². The van der Waals surface area contributed by atoms with Crippen LogP contribution in [0.4, 0.5) is 0 Å². The van der Waals surface area contributed by atoms with Crippen LogP contribution in [0.25, 0.3) is 0 Å². The SMILES string of the molecule is [B]P([B])O[C@@H]1C(NC)[C@@H](OC2C(C)O[C@H](O[C@@H]3C(COS(=O)(=O)NCc4ccccc4)O[C@H](OC4C(C)O[C@@H](C)C(OC)[C@@H]4OCc4ccccc4)C(NC)[C@H]3OP([B])[B])C(OC)[C@@H]2OCc2ccccc2)OC(COS(=O)(=O)NCc2ccccc2)[C@H]1OC. The molecule has 8 radical (unpaired) electrons. The first-order chi connectivity index (χ1) is 43.2. The monoisotopic (exact) mass is 1320 g/mol. The number of rotatable bonds is 33. The van der Waals surface area contributed by atoms with Gasteiger partial charge in [-0.05, 0) is 57.1 Å². The molecule has 4 heterocycles. The zero-order valence-electron chi connectivity index (χ0n) is 51.5. The second kappa shape index (κ2) is 35.2. The standard InChI is InChI=1S/C58H80B4N4O20P2S2/c1-35-46(71-6)53(74-31-40-25-17-11-18-26-40)47(36(2)78-35)82-57-45(64-5)52(86-88(61)62)50(43(81-57)34-77-90(69,70)66-30-39-23-15-10-16-24-39)84-58-55(73-8)54(75-32-41-27-19-12-20-28-41)48(37(3)79-58)83-56-44(63-4)51(85-87(59)60)49(72-7)42(80-56)33-76-89(67,68)65-29-38-21-13-9-14-22-38/h9-28,35-37,42-58,63-66H,29-34H2,1-8H3/t35-,36?,37?,42?,43?,44?,45?,46?,47?,48?,49+,50+,51+,52+,53-,54+,55?,56+,57+,58+/m0/s1. The van der Waals surface area contributed by atoms with E-state index >= 15 is 0 Å². The summed E-state index contributed by atoms with van der Waals surface area (Å²) in [5.74, 6) is 0. The van der Waals surface area contributed by atoms with Gasteiger partial charge in [-0.15, -0.1) is 0 Å². The normalized spacial score (nSPS) is 32.7. The molecule has 24 nitrogen and oxygen atoms in total. The second-order valence-electron chi connectivity index (χ2n) is 21.8. The van der Waals surface area contributed by atoms with Gasteiger partial charge in [-0.2, -0.15) is 26.3 Å². The first-order valence-electron chi connectivity index (χ1n) is 29.4. The van der Waals surface area contributed by atoms with Gasteiger partial charge in [0.25, 0.3) is 0 Å². The van der Waals surface area contributed by atoms with Crippen LogP contribution in [-0.4, -0.2) is 218 Å². The Morgan fingerprint density at radius 2 is 0.778 bits per heavy atom. The highest BCUT2D eigenvalue weighted by molar-refractivity contribution is 7.98. The average Bonchev–Trinajstić information content (AvgIpc) is 0.783. The van der Waals surface area contributed by atoms with Crippen molar-refractivity contribution < 1.29 is 91.1 Å². The van der Waals surface area contributed by atoms with Crippen molar-refractivity contribution in [3.8, 4) is 0 Å². The van der Waals surface area contributed by atoms with Gasteiger partial charge in [-0.3, -0.25) is 8.37 Å². The summed E-state index contributed by atoms with van der Waals surface area (Å²) in [6, 6.07) is 34.9. The molecule has 4 aliphatic rings. The fourth-order valence-electron chi connectivity index (χ4n) is 11.5. The molecule has 0 spiro atoms. The molecule has 4 N–H and O–H groups in total. The van der Waals surface area contributed by atoms with E-state index in [1.807, 2.05) is 86.6 Å². The predicted octanol–water partition coefficient (Wildman–Crippen LogP) is 3.54. The molecule has 4 fully saturated rings. The Hall–Kier alpha value is -2.90. The van der Waals surface area contributed by atoms with Crippen molar-refractivity contribution in [2.75, 3.05) is 48.6 Å². The van der Waals surface area contributed by atoms with E-state index in [-0.39, 0.29) is 26.3 Å². The van der Waals surface area contributed by atoms with E-state index in [1.165, 1.54) is 14.2 Å². The second-order valence-corrected chi connectivity index (χ2v) is 26.6. The van der Waals surface area contributed by atoms with Crippen molar-refractivity contribution in [2.24, 2.45) is 0 Å². The van der Waals surface area contributed by atoms with Crippen LogP contribution >= 0.6 is 15.8 Å². The van der Waals surface area contributed by atoms with E-state index in [0.717, 1.165) is 11.1 Å². The zero-order chi connectivity index (χ0) is 64.5. The van der Waals surface area contributed by atoms with Crippen molar-refractivity contribution >= 4 is 66.7 Å². The fraction of sp³-hybridized carbons (Fsp3) is 0.586. The van der Waals surface area contributed by atoms with Crippen molar-refractivity contribution in [1.82, 2.24) is 20.1 Å². The van der Waals surface area contributed by atoms with E-state index in [0.29, 0.717) is 11.1 Å². The maximum absolute atomic E-state index is 13.9. The molecular formula is C58H80B4N4O20P2S2. The van der Waals surface area contributed by atoms with Crippen molar-refractivity contribution in [2.45, 2.75) is 170 Å². The molecule has 4 aromatic carbocycles. The highest BCUT2D eigenvalue weighted by atomic mass is 32.2. The molecule has 0 saturated carbocycles. The van der Waals surface area contributed by atoms with Crippen LogP contribution in [0.1, 0.15) is 43.0 Å². The van der Waals surface area contributed by atoms with Gasteiger partial charge in [0.05, 0.1) is 56.8 Å². The number of methoxy groups -OCH3 is 3. The Morgan fingerprint density at radius 3 is 1.18 bits per heavy atom. The lowest BCUT2D eigenvalue weighted by Crippen LogP contribution is -2.69. The van der Waals surface area contributed by atoms with E-state index < -0.39 is 172 Å². The van der Waals surface area contributed by atoms with Gasteiger partial charge in [0, 0.05) is 34.4 Å². The minimum atomic E-state index is -4.51. The zero-order valence-corrected chi connectivity index (χ0v) is 54.9. The molecule has 486 valence electrons. The molecule has 0 amide bonds. The third kappa shape index (κ3) is 20.1. The summed E-state index contributed by atoms with van der Waals surface area (Å²) in [5, 5.41) is 6.45. The van der Waals surface area contributed by atoms with Crippen molar-refractivity contribution in [1.29, 1.82) is 0 Å². The summed E-state index contributed by atoms with van der Waals surface area (Å²) in [4.78, 5) is 0. The Bertz CT molecular complexity index is 2970. The third-order valence-corrected chi connectivity index (χ3v) is 18.7. The van der Waals surface area contributed by atoms with Crippen LogP contribution in [0.3, 0.4) is 0 Å². The molecule has 0 aromatic heterocycles. The quantitative estimate of drug-likeness (QED) is 0.0393. The minimum absolute atomic E-state index is 0.0220. The number of hydrogen-bond donors (Lipinski definition) is 4. The molecule has 10 unspecified atom stereocenters. The van der Waals surface area contributed by atoms with Gasteiger partial charge in [0.1, 0.15) is 104 Å². The van der Waals surface area contributed by atoms with Gasteiger partial charge in [-0.1, -0.05) is 137 Å². The maximum Gasteiger partial charge on any atom is 0.336 e. The minimum Gasteiger partial charge on any atom is -0.376 e. The fourth-order valence-corrected chi connectivity index (χ4v) is 14.0. The lowest BCUT2D eigenvalue weighted by atomic mass is 9.93. The summed E-state index contributed by atoms with van der Waals surface area (Å²) in [7, 11) is 19.6. The van der Waals surface area contributed by atoms with Crippen molar-refractivity contribution in [3.05, 3.63) is 144 Å². The summed E-state index contributed by atoms with van der Waals surface area (Å²) in [5.41, 5.74) is 3.06. The third-order valence-electron chi connectivity index (χ3n) is 15.8. The Kier molecular flexibility index (Phi) is 28.5. The largest absolute Gasteiger partial charge is 0.376 e. The number of nitrogens with one attached hydrogen (secondary N) is 4. The Labute approximate surface area is 537 Å². The summed E-state index contributed by atoms with van der Waals surface area (Å²) in [6.45, 7) is 4.29. The number of ether oxygens (including phenoxy) is 12. The average molecular weight is 1320 g/mol. The Balaban J connectivity index is 1.12. The van der Waals surface area contributed by atoms with Gasteiger partial charge < -0.3 is 76.5 Å².